The van der Waals surface area contributed by atoms with Gasteiger partial charge in [-0.1, -0.05) is 6.92 Å². The molecule has 3 fully saturated rings. The average Bonchev–Trinajstić information content (AvgIpc) is 3.25. The predicted octanol–water partition coefficient (Wildman–Crippen LogP) is 0.321. The van der Waals surface area contributed by atoms with Crippen molar-refractivity contribution < 1.29 is 14.7 Å². The molecule has 3 N–H and O–H groups in total. The molecule has 0 aromatic heterocycles. The van der Waals surface area contributed by atoms with Crippen LogP contribution in [0.1, 0.15) is 45.4 Å². The fraction of sp³-hybridized carbons (Fsp3) is 0.857. The lowest BCUT2D eigenvalue weighted by molar-refractivity contribution is -0.133. The first-order chi connectivity index (χ1) is 8.99. The third kappa shape index (κ3) is 2.76. The summed E-state index contributed by atoms with van der Waals surface area (Å²) in [6.45, 7) is 1.85. The van der Waals surface area contributed by atoms with Crippen molar-refractivity contribution in [2.24, 2.45) is 11.8 Å². The highest BCUT2D eigenvalue weighted by Crippen LogP contribution is 2.46. The van der Waals surface area contributed by atoms with E-state index in [0.717, 1.165) is 32.1 Å². The van der Waals surface area contributed by atoms with Crippen molar-refractivity contribution in [3.63, 3.8) is 0 Å². The maximum atomic E-state index is 11.9. The summed E-state index contributed by atoms with van der Waals surface area (Å²) in [4.78, 5) is 23.6. The summed E-state index contributed by atoms with van der Waals surface area (Å²) in [5.41, 5.74) is 0.0721. The van der Waals surface area contributed by atoms with Crippen LogP contribution in [0.5, 0.6) is 0 Å². The van der Waals surface area contributed by atoms with E-state index in [-0.39, 0.29) is 35.2 Å². The molecule has 5 nitrogen and oxygen atoms in total. The number of hydrogen-bond acceptors (Lipinski definition) is 3. The Hall–Kier alpha value is -1.10. The van der Waals surface area contributed by atoms with Crippen molar-refractivity contribution >= 4 is 11.8 Å². The van der Waals surface area contributed by atoms with Gasteiger partial charge in [-0.3, -0.25) is 9.59 Å². The zero-order valence-corrected chi connectivity index (χ0v) is 11.3. The molecule has 3 atom stereocenters. The van der Waals surface area contributed by atoms with Crippen LogP contribution in [0.4, 0.5) is 0 Å². The van der Waals surface area contributed by atoms with Crippen LogP contribution in [0.2, 0.25) is 0 Å². The second-order valence-electron chi connectivity index (χ2n) is 6.61. The number of carbonyl (C=O) groups is 2. The molecule has 2 aliphatic carbocycles. The third-order valence-corrected chi connectivity index (χ3v) is 4.64. The molecule has 3 rings (SSSR count). The van der Waals surface area contributed by atoms with Gasteiger partial charge in [0.1, 0.15) is 6.10 Å². The minimum Gasteiger partial charge on any atom is -0.383 e. The van der Waals surface area contributed by atoms with Gasteiger partial charge in [-0.15, -0.1) is 0 Å². The molecule has 0 aromatic rings. The summed E-state index contributed by atoms with van der Waals surface area (Å²) in [5.74, 6) is -0.405. The van der Waals surface area contributed by atoms with Gasteiger partial charge < -0.3 is 15.7 Å². The van der Waals surface area contributed by atoms with Crippen molar-refractivity contribution in [3.05, 3.63) is 0 Å². The minimum atomic E-state index is -0.996. The van der Waals surface area contributed by atoms with Crippen molar-refractivity contribution in [2.75, 3.05) is 0 Å². The average molecular weight is 266 g/mol. The minimum absolute atomic E-state index is 0.0409. The van der Waals surface area contributed by atoms with E-state index in [4.69, 9.17) is 0 Å². The lowest BCUT2D eigenvalue weighted by Crippen LogP contribution is -2.40. The second kappa shape index (κ2) is 4.47. The predicted molar refractivity (Wildman–Crippen MR) is 69.2 cm³/mol. The lowest BCUT2D eigenvalue weighted by atomic mass is 9.89. The van der Waals surface area contributed by atoms with Crippen LogP contribution in [0.15, 0.2) is 0 Å². The fourth-order valence-electron chi connectivity index (χ4n) is 3.00. The number of carbonyl (C=O) groups excluding carboxylic acids is 2. The lowest BCUT2D eigenvalue weighted by Gasteiger charge is -2.20. The van der Waals surface area contributed by atoms with Crippen LogP contribution < -0.4 is 10.6 Å². The summed E-state index contributed by atoms with van der Waals surface area (Å²) >= 11 is 0. The molecule has 0 aromatic carbocycles. The number of nitrogens with one attached hydrogen (secondary N) is 2. The number of hydrogen-bond donors (Lipinski definition) is 3. The van der Waals surface area contributed by atoms with E-state index in [2.05, 4.69) is 10.6 Å². The van der Waals surface area contributed by atoms with Crippen LogP contribution in [-0.2, 0) is 9.59 Å². The highest BCUT2D eigenvalue weighted by molar-refractivity contribution is 5.83. The molecule has 1 saturated heterocycles. The van der Waals surface area contributed by atoms with Gasteiger partial charge in [0.15, 0.2) is 0 Å². The van der Waals surface area contributed by atoms with E-state index in [1.54, 1.807) is 0 Å². The van der Waals surface area contributed by atoms with Crippen molar-refractivity contribution in [1.82, 2.24) is 10.6 Å². The standard InChI is InChI=1S/C14H22N2O3/c1-8(11(17)13(19)15-10-2-3-10)6-9-7-14(4-5-14)16-12(9)18/h8-11,17H,2-7H2,1H3,(H,15,19)(H,16,18)/t8-,9+,11?/m0/s1. The Morgan fingerprint density at radius 3 is 2.74 bits per heavy atom. The van der Waals surface area contributed by atoms with Crippen LogP contribution in [0.3, 0.4) is 0 Å². The monoisotopic (exact) mass is 266 g/mol. The SMILES string of the molecule is C[C@@H](C[C@@H]1CC2(CC2)NC1=O)C(O)C(=O)NC1CC1. The van der Waals surface area contributed by atoms with E-state index in [9.17, 15) is 14.7 Å². The molecule has 5 heteroatoms. The summed E-state index contributed by atoms with van der Waals surface area (Å²) < 4.78 is 0. The van der Waals surface area contributed by atoms with E-state index in [1.807, 2.05) is 6.92 Å². The Morgan fingerprint density at radius 2 is 2.21 bits per heavy atom. The quantitative estimate of drug-likeness (QED) is 0.670. The van der Waals surface area contributed by atoms with Gasteiger partial charge in [0, 0.05) is 17.5 Å². The normalized spacial score (nSPS) is 30.8. The smallest absolute Gasteiger partial charge is 0.249 e. The Bertz CT molecular complexity index is 401. The molecular weight excluding hydrogens is 244 g/mol. The summed E-state index contributed by atoms with van der Waals surface area (Å²) in [6, 6.07) is 0.263. The molecule has 106 valence electrons. The van der Waals surface area contributed by atoms with Gasteiger partial charge in [0.05, 0.1) is 0 Å². The summed E-state index contributed by atoms with van der Waals surface area (Å²) in [5, 5.41) is 15.9. The van der Waals surface area contributed by atoms with Crippen molar-refractivity contribution in [2.45, 2.75) is 63.1 Å². The van der Waals surface area contributed by atoms with Crippen LogP contribution in [-0.4, -0.2) is 34.6 Å². The number of amides is 2. The van der Waals surface area contributed by atoms with Crippen LogP contribution >= 0.6 is 0 Å². The largest absolute Gasteiger partial charge is 0.383 e. The second-order valence-corrected chi connectivity index (χ2v) is 6.61. The van der Waals surface area contributed by atoms with Crippen LogP contribution in [0, 0.1) is 11.8 Å². The Morgan fingerprint density at radius 1 is 1.53 bits per heavy atom. The van der Waals surface area contributed by atoms with Crippen LogP contribution in [0.25, 0.3) is 0 Å². The van der Waals surface area contributed by atoms with Gasteiger partial charge in [-0.25, -0.2) is 0 Å². The van der Waals surface area contributed by atoms with E-state index >= 15 is 0 Å². The first-order valence-corrected chi connectivity index (χ1v) is 7.30. The van der Waals surface area contributed by atoms with Gasteiger partial charge in [0.25, 0.3) is 0 Å². The summed E-state index contributed by atoms with van der Waals surface area (Å²) in [7, 11) is 0. The van der Waals surface area contributed by atoms with E-state index in [1.165, 1.54) is 0 Å². The molecule has 3 aliphatic rings. The topological polar surface area (TPSA) is 78.4 Å². The maximum absolute atomic E-state index is 11.9. The zero-order valence-electron chi connectivity index (χ0n) is 11.3. The number of aliphatic hydroxyl groups is 1. The molecule has 1 aliphatic heterocycles. The molecule has 1 heterocycles. The molecular formula is C14H22N2O3. The first-order valence-electron chi connectivity index (χ1n) is 7.30. The Kier molecular flexibility index (Phi) is 3.04. The molecule has 2 amide bonds. The van der Waals surface area contributed by atoms with Crippen molar-refractivity contribution in [3.8, 4) is 0 Å². The molecule has 1 spiro atoms. The number of aliphatic hydroxyl groups excluding tert-OH is 1. The number of rotatable bonds is 5. The van der Waals surface area contributed by atoms with E-state index in [0.29, 0.717) is 6.42 Å². The molecule has 2 saturated carbocycles. The molecule has 0 bridgehead atoms. The van der Waals surface area contributed by atoms with Gasteiger partial charge in [-0.05, 0) is 44.4 Å². The van der Waals surface area contributed by atoms with Crippen molar-refractivity contribution in [1.29, 1.82) is 0 Å². The fourth-order valence-corrected chi connectivity index (χ4v) is 3.00. The Labute approximate surface area is 113 Å². The highest BCUT2D eigenvalue weighted by atomic mass is 16.3. The zero-order chi connectivity index (χ0) is 13.6. The molecule has 0 radical (unpaired) electrons. The Balaban J connectivity index is 1.50. The van der Waals surface area contributed by atoms with Gasteiger partial charge in [0.2, 0.25) is 11.8 Å². The van der Waals surface area contributed by atoms with Gasteiger partial charge in [-0.2, -0.15) is 0 Å². The third-order valence-electron chi connectivity index (χ3n) is 4.64. The molecule has 1 unspecified atom stereocenters. The van der Waals surface area contributed by atoms with E-state index < -0.39 is 6.10 Å². The first kappa shape index (κ1) is 12.9. The maximum Gasteiger partial charge on any atom is 0.249 e. The molecule has 19 heavy (non-hydrogen) atoms. The highest BCUT2D eigenvalue weighted by Gasteiger charge is 2.52. The van der Waals surface area contributed by atoms with Gasteiger partial charge >= 0.3 is 0 Å². The summed E-state index contributed by atoms with van der Waals surface area (Å²) in [6.07, 6.45) is 4.65.